The van der Waals surface area contributed by atoms with Crippen molar-refractivity contribution in [3.63, 3.8) is 0 Å². The maximum Gasteiger partial charge on any atom is 1.00 e. The molecule has 16 nitrogen and oxygen atoms in total. The van der Waals surface area contributed by atoms with Crippen LogP contribution in [0.3, 0.4) is 0 Å². The van der Waals surface area contributed by atoms with Gasteiger partial charge in [0.1, 0.15) is 0 Å². The minimum absolute atomic E-state index is 0. The van der Waals surface area contributed by atoms with Crippen LogP contribution in [0.1, 0.15) is 0 Å². The van der Waals surface area contributed by atoms with E-state index < -0.39 is 38.0 Å². The molecule has 0 aromatic rings. The van der Waals surface area contributed by atoms with Crippen molar-refractivity contribution in [3.05, 3.63) is 0 Å². The first-order chi connectivity index (χ1) is 9.00. The number of alkyl halides is 4. The molecular formula is C2H12Cl4Na2O16P4-2. The summed E-state index contributed by atoms with van der Waals surface area (Å²) >= 11 is 18.4. The van der Waals surface area contributed by atoms with Gasteiger partial charge in [-0.2, -0.15) is 0 Å². The van der Waals surface area contributed by atoms with E-state index in [2.05, 4.69) is 46.4 Å². The molecule has 0 fully saturated rings. The van der Waals surface area contributed by atoms with Crippen LogP contribution in [0.15, 0.2) is 0 Å². The summed E-state index contributed by atoms with van der Waals surface area (Å²) in [5.41, 5.74) is 0. The zero-order valence-corrected chi connectivity index (χ0v) is 24.0. The first-order valence-electron chi connectivity index (χ1n) is 3.91. The molecule has 0 aliphatic heterocycles. The fraction of sp³-hybridized carbons (Fsp3) is 1.00. The molecular weight excluding hydrogens is 592 g/mol. The Balaban J connectivity index is -0.0000000392. The molecule has 168 valence electrons. The molecule has 4 atom stereocenters. The van der Waals surface area contributed by atoms with Gasteiger partial charge in [0, 0.05) is 0 Å². The zero-order valence-electron chi connectivity index (χ0n) is 13.4. The van der Waals surface area contributed by atoms with Crippen molar-refractivity contribution in [3.8, 4) is 0 Å². The number of rotatable bonds is 4. The summed E-state index contributed by atoms with van der Waals surface area (Å²) in [4.78, 5) is 72.7. The van der Waals surface area contributed by atoms with Crippen molar-refractivity contribution in [1.82, 2.24) is 0 Å². The Morgan fingerprint density at radius 3 is 0.571 bits per heavy atom. The Bertz CT molecular complexity index is 487. The van der Waals surface area contributed by atoms with Crippen molar-refractivity contribution >= 4 is 76.8 Å². The molecule has 0 saturated carbocycles. The molecule has 0 aromatic carbocycles. The van der Waals surface area contributed by atoms with Crippen LogP contribution in [0.2, 0.25) is 0 Å². The first kappa shape index (κ1) is 53.1. The van der Waals surface area contributed by atoms with Crippen LogP contribution in [0.4, 0.5) is 0 Å². The van der Waals surface area contributed by atoms with Gasteiger partial charge in [-0.05, 0) is 0 Å². The third-order valence-electron chi connectivity index (χ3n) is 1.36. The van der Waals surface area contributed by atoms with Gasteiger partial charge in [0.15, 0.2) is 30.4 Å². The maximum atomic E-state index is 10.1. The van der Waals surface area contributed by atoms with Crippen molar-refractivity contribution in [2.75, 3.05) is 0 Å². The number of hydrogen-bond donors (Lipinski definition) is 4. The topological polar surface area (TPSA) is 367 Å². The van der Waals surface area contributed by atoms with E-state index in [1.807, 2.05) is 0 Å². The average molecular weight is 604 g/mol. The van der Waals surface area contributed by atoms with Crippen LogP contribution in [-0.4, -0.2) is 49.1 Å². The predicted molar refractivity (Wildman–Crippen MR) is 82.6 cm³/mol. The summed E-state index contributed by atoms with van der Waals surface area (Å²) < 4.78 is 33.2. The minimum Gasteiger partial charge on any atom is -0.776 e. The van der Waals surface area contributed by atoms with E-state index in [4.69, 9.17) is 19.6 Å². The molecule has 0 spiro atoms. The largest absolute Gasteiger partial charge is 1.00 e. The Morgan fingerprint density at radius 1 is 0.500 bits per heavy atom. The van der Waals surface area contributed by atoms with Crippen molar-refractivity contribution in [2.45, 2.75) is 7.63 Å². The average Bonchev–Trinajstić information content (AvgIpc) is 2.10. The third kappa shape index (κ3) is 15.4. The SMILES string of the molecule is O.O.O.O.O=P([O-])(O)C(Cl)(Cl)P(=O)([O-])O.O=P([O-])(O)C(Cl)(Cl)P(=O)([O-])O.[Na+].[Na+]. The second kappa shape index (κ2) is 17.1. The molecule has 0 radical (unpaired) electrons. The smallest absolute Gasteiger partial charge is 0.776 e. The van der Waals surface area contributed by atoms with Crippen molar-refractivity contribution in [2.24, 2.45) is 0 Å². The Morgan fingerprint density at radius 2 is 0.571 bits per heavy atom. The zero-order chi connectivity index (χ0) is 19.0. The van der Waals surface area contributed by atoms with Crippen molar-refractivity contribution < 1.29 is 138 Å². The molecule has 26 heteroatoms. The van der Waals surface area contributed by atoms with Gasteiger partial charge >= 0.3 is 59.1 Å². The van der Waals surface area contributed by atoms with E-state index in [9.17, 15) is 37.8 Å². The Kier molecular flexibility index (Phi) is 32.4. The second-order valence-corrected chi connectivity index (χ2v) is 15.4. The summed E-state index contributed by atoms with van der Waals surface area (Å²) in [6.45, 7) is 0. The minimum atomic E-state index is -5.53. The number of hydrogen-bond acceptors (Lipinski definition) is 8. The first-order valence-corrected chi connectivity index (χ1v) is 11.7. The molecule has 0 aliphatic carbocycles. The normalized spacial score (nSPS) is 18.7. The van der Waals surface area contributed by atoms with Crippen LogP contribution >= 0.6 is 76.8 Å². The van der Waals surface area contributed by atoms with E-state index in [1.54, 1.807) is 0 Å². The fourth-order valence-corrected chi connectivity index (χ4v) is 2.87. The molecule has 28 heavy (non-hydrogen) atoms. The van der Waals surface area contributed by atoms with Gasteiger partial charge in [-0.15, -0.1) is 0 Å². The van der Waals surface area contributed by atoms with Gasteiger partial charge in [-0.25, -0.2) is 0 Å². The van der Waals surface area contributed by atoms with E-state index >= 15 is 0 Å². The summed E-state index contributed by atoms with van der Waals surface area (Å²) in [6, 6.07) is 0. The number of halogens is 4. The van der Waals surface area contributed by atoms with Crippen LogP contribution in [0.25, 0.3) is 0 Å². The standard InChI is InChI=1S/2CH4Cl2O6P2.2Na.4H2O/c2*2-1(3,10(4,5)6)11(7,8)9;;;;;;/h2*(H2,4,5,6)(H2,7,8,9);;;4*1H2/q;;2*+1;;;;/p-4. The second-order valence-electron chi connectivity index (χ2n) is 3.10. The van der Waals surface area contributed by atoms with E-state index in [0.717, 1.165) is 0 Å². The maximum absolute atomic E-state index is 10.1. The molecule has 0 heterocycles. The summed E-state index contributed by atoms with van der Waals surface area (Å²) in [6.07, 6.45) is 0. The van der Waals surface area contributed by atoms with E-state index in [1.165, 1.54) is 0 Å². The Hall–Kier alpha value is 3.60. The molecule has 0 bridgehead atoms. The summed E-state index contributed by atoms with van der Waals surface area (Å²) in [5, 5.41) is 0. The van der Waals surface area contributed by atoms with Gasteiger partial charge < -0.3 is 79.3 Å². The quantitative estimate of drug-likeness (QED) is 0.132. The monoisotopic (exact) mass is 602 g/mol. The van der Waals surface area contributed by atoms with Crippen molar-refractivity contribution in [1.29, 1.82) is 0 Å². The van der Waals surface area contributed by atoms with E-state index in [0.29, 0.717) is 0 Å². The molecule has 0 amide bonds. The van der Waals surface area contributed by atoms with Crippen LogP contribution in [-0.2, 0) is 18.3 Å². The summed E-state index contributed by atoms with van der Waals surface area (Å²) in [5.74, 6) is 0. The fourth-order valence-electron chi connectivity index (χ4n) is 0.319. The van der Waals surface area contributed by atoms with Crippen LogP contribution in [0.5, 0.6) is 0 Å². The summed E-state index contributed by atoms with van der Waals surface area (Å²) in [7, 11) is -22.1. The Labute approximate surface area is 220 Å². The third-order valence-corrected chi connectivity index (χ3v) is 12.2. The molecule has 12 N–H and O–H groups in total. The van der Waals surface area contributed by atoms with Gasteiger partial charge in [0.2, 0.25) is 7.63 Å². The molecule has 0 aliphatic rings. The molecule has 0 saturated heterocycles. The van der Waals surface area contributed by atoms with E-state index in [-0.39, 0.29) is 81.0 Å². The van der Waals surface area contributed by atoms with Crippen LogP contribution < -0.4 is 78.7 Å². The van der Waals surface area contributed by atoms with Gasteiger partial charge in [-0.3, -0.25) is 0 Å². The molecule has 0 rings (SSSR count). The van der Waals surface area contributed by atoms with Gasteiger partial charge in [-0.1, -0.05) is 46.4 Å². The van der Waals surface area contributed by atoms with Gasteiger partial charge in [0.05, 0.1) is 0 Å². The predicted octanol–water partition coefficient (Wildman–Crippen LogP) is -11.0. The van der Waals surface area contributed by atoms with Gasteiger partial charge in [0.25, 0.3) is 0 Å². The molecule has 4 unspecified atom stereocenters. The van der Waals surface area contributed by atoms with Crippen LogP contribution in [0, 0.1) is 0 Å². The molecule has 0 aromatic heterocycles.